The summed E-state index contributed by atoms with van der Waals surface area (Å²) < 4.78 is 10.8. The molecule has 3 amide bonds. The molecular weight excluding hydrogens is 542 g/mol. The van der Waals surface area contributed by atoms with E-state index in [2.05, 4.69) is 10.5 Å². The minimum Gasteiger partial charge on any atom is -0.454 e. The van der Waals surface area contributed by atoms with E-state index in [0.29, 0.717) is 17.2 Å². The largest absolute Gasteiger partial charge is 0.454 e. The van der Waals surface area contributed by atoms with Crippen LogP contribution >= 0.6 is 0 Å². The monoisotopic (exact) mass is 569 g/mol. The fourth-order valence-corrected chi connectivity index (χ4v) is 7.48. The van der Waals surface area contributed by atoms with Crippen LogP contribution in [0.4, 0.5) is 5.69 Å². The van der Waals surface area contributed by atoms with Gasteiger partial charge in [-0.15, -0.1) is 0 Å². The highest BCUT2D eigenvalue weighted by Gasteiger charge is 2.68. The van der Waals surface area contributed by atoms with E-state index in [4.69, 9.17) is 9.47 Å². The predicted octanol–water partition coefficient (Wildman–Crippen LogP) is 4.62. The number of hydrogen-bond donors (Lipinski definition) is 1. The molecule has 1 N–H and O–H groups in total. The van der Waals surface area contributed by atoms with Crippen LogP contribution < -0.4 is 19.8 Å². The molecule has 0 unspecified atom stereocenters. The van der Waals surface area contributed by atoms with E-state index < -0.39 is 17.3 Å². The van der Waals surface area contributed by atoms with Gasteiger partial charge in [0.05, 0.1) is 29.4 Å². The second-order valence-corrected chi connectivity index (χ2v) is 11.5. The number of aryl methyl sites for hydroxylation is 1. The molecule has 1 fully saturated rings. The Kier molecular flexibility index (Phi) is 5.56. The average Bonchev–Trinajstić information content (AvgIpc) is 3.60. The molecule has 2 atom stereocenters. The fourth-order valence-electron chi connectivity index (χ4n) is 7.48. The van der Waals surface area contributed by atoms with Crippen molar-refractivity contribution in [3.8, 4) is 11.5 Å². The average molecular weight is 570 g/mol. The first kappa shape index (κ1) is 25.5. The Morgan fingerprint density at radius 3 is 2.30 bits per heavy atom. The minimum atomic E-state index is -1.05. The molecule has 3 aliphatic carbocycles. The second kappa shape index (κ2) is 9.39. The van der Waals surface area contributed by atoms with Crippen molar-refractivity contribution in [2.75, 3.05) is 11.7 Å². The lowest BCUT2D eigenvalue weighted by atomic mass is 9.47. The summed E-state index contributed by atoms with van der Waals surface area (Å²) >= 11 is 0. The molecule has 2 bridgehead atoms. The molecule has 0 radical (unpaired) electrons. The molecular formula is C35H27N3O5. The Hall–Kier alpha value is -5.24. The molecule has 0 saturated carbocycles. The van der Waals surface area contributed by atoms with Crippen LogP contribution in [0.2, 0.25) is 0 Å². The van der Waals surface area contributed by atoms with E-state index in [1.54, 1.807) is 18.3 Å². The summed E-state index contributed by atoms with van der Waals surface area (Å²) in [5, 5.41) is 4.50. The highest BCUT2D eigenvalue weighted by atomic mass is 16.7. The maximum absolute atomic E-state index is 14.4. The van der Waals surface area contributed by atoms with Crippen LogP contribution in [-0.4, -0.2) is 30.7 Å². The number of fused-ring (bicyclic) bond motifs is 1. The Balaban J connectivity index is 1.21. The van der Waals surface area contributed by atoms with E-state index >= 15 is 0 Å². The minimum absolute atomic E-state index is 0.0842. The molecule has 1 saturated heterocycles. The summed E-state index contributed by atoms with van der Waals surface area (Å²) in [6.07, 6.45) is 1.76. The number of benzene rings is 4. The summed E-state index contributed by atoms with van der Waals surface area (Å²) in [6, 6.07) is 28.8. The van der Waals surface area contributed by atoms with Gasteiger partial charge in [0.1, 0.15) is 0 Å². The van der Waals surface area contributed by atoms with Crippen molar-refractivity contribution in [1.82, 2.24) is 5.43 Å². The summed E-state index contributed by atoms with van der Waals surface area (Å²) in [5.74, 6) is -1.11. The Morgan fingerprint density at radius 1 is 0.907 bits per heavy atom. The van der Waals surface area contributed by atoms with Crippen molar-refractivity contribution in [1.29, 1.82) is 0 Å². The topological polar surface area (TPSA) is 97.3 Å². The van der Waals surface area contributed by atoms with Gasteiger partial charge in [0.2, 0.25) is 24.5 Å². The molecule has 212 valence electrons. The number of hydrazone groups is 1. The van der Waals surface area contributed by atoms with Crippen molar-refractivity contribution in [2.45, 2.75) is 24.7 Å². The number of nitrogens with one attached hydrogen (secondary N) is 1. The van der Waals surface area contributed by atoms with E-state index in [9.17, 15) is 14.4 Å². The van der Waals surface area contributed by atoms with Gasteiger partial charge in [0.25, 0.3) is 0 Å². The molecule has 2 aliphatic heterocycles. The van der Waals surface area contributed by atoms with E-state index in [-0.39, 0.29) is 36.9 Å². The molecule has 5 aliphatic rings. The molecule has 43 heavy (non-hydrogen) atoms. The number of carbonyl (C=O) groups is 3. The third kappa shape index (κ3) is 3.62. The highest BCUT2D eigenvalue weighted by Crippen LogP contribution is 2.63. The van der Waals surface area contributed by atoms with Crippen molar-refractivity contribution in [3.05, 3.63) is 124 Å². The highest BCUT2D eigenvalue weighted by molar-refractivity contribution is 6.25. The lowest BCUT2D eigenvalue weighted by molar-refractivity contribution is -0.123. The number of nitrogens with zero attached hydrogens (tertiary/aromatic N) is 2. The van der Waals surface area contributed by atoms with Crippen molar-refractivity contribution in [3.63, 3.8) is 0 Å². The number of anilines is 1. The molecule has 4 aromatic rings. The first-order valence-electron chi connectivity index (χ1n) is 14.3. The molecule has 8 nitrogen and oxygen atoms in total. The van der Waals surface area contributed by atoms with E-state index in [1.807, 2.05) is 85.8 Å². The molecule has 8 heteroatoms. The fraction of sp³-hybridized carbons (Fsp3) is 0.200. The predicted molar refractivity (Wildman–Crippen MR) is 159 cm³/mol. The van der Waals surface area contributed by atoms with Crippen LogP contribution in [0.5, 0.6) is 11.5 Å². The number of amides is 3. The Bertz CT molecular complexity index is 1820. The molecule has 0 aromatic heterocycles. The first-order valence-corrected chi connectivity index (χ1v) is 14.3. The van der Waals surface area contributed by atoms with E-state index in [0.717, 1.165) is 33.4 Å². The lowest BCUT2D eigenvalue weighted by Crippen LogP contribution is -2.54. The van der Waals surface area contributed by atoms with E-state index in [1.165, 1.54) is 4.90 Å². The van der Waals surface area contributed by atoms with Crippen LogP contribution in [0.15, 0.2) is 96.1 Å². The normalized spacial score (nSPS) is 24.2. The van der Waals surface area contributed by atoms with Crippen LogP contribution in [0.3, 0.4) is 0 Å². The summed E-state index contributed by atoms with van der Waals surface area (Å²) in [4.78, 5) is 43.0. The van der Waals surface area contributed by atoms with Gasteiger partial charge in [0.15, 0.2) is 11.5 Å². The second-order valence-electron chi connectivity index (χ2n) is 11.5. The number of hydrogen-bond acceptors (Lipinski definition) is 6. The van der Waals surface area contributed by atoms with Crippen molar-refractivity contribution < 1.29 is 23.9 Å². The van der Waals surface area contributed by atoms with Crippen molar-refractivity contribution >= 4 is 29.6 Å². The molecule has 4 aromatic carbocycles. The Labute approximate surface area is 247 Å². The molecule has 0 spiro atoms. The van der Waals surface area contributed by atoms with Crippen LogP contribution in [0, 0.1) is 18.8 Å². The number of ether oxygens (including phenoxy) is 2. The van der Waals surface area contributed by atoms with Gasteiger partial charge in [-0.05, 0) is 59.0 Å². The van der Waals surface area contributed by atoms with Gasteiger partial charge in [-0.3, -0.25) is 14.4 Å². The lowest BCUT2D eigenvalue weighted by Gasteiger charge is -2.52. The zero-order chi connectivity index (χ0) is 29.3. The maximum atomic E-state index is 14.4. The van der Waals surface area contributed by atoms with Gasteiger partial charge in [-0.25, -0.2) is 10.3 Å². The Morgan fingerprint density at radius 2 is 1.58 bits per heavy atom. The third-order valence-electron chi connectivity index (χ3n) is 9.24. The SMILES string of the molecule is Cc1ccc(N2C(=O)[C@@H]3C4c5ccccc5C(/C=N\NC(=O)Cc5ccc6c(c5)OCO6)(c5ccccc54)[C@@H]3C2=O)cc1. The summed E-state index contributed by atoms with van der Waals surface area (Å²) in [6.45, 7) is 2.13. The van der Waals surface area contributed by atoms with Gasteiger partial charge in [-0.2, -0.15) is 5.10 Å². The number of carbonyl (C=O) groups excluding carboxylic acids is 3. The van der Waals surface area contributed by atoms with Crippen LogP contribution in [-0.2, 0) is 26.2 Å². The summed E-state index contributed by atoms with van der Waals surface area (Å²) in [5.41, 5.74) is 7.88. The molecule has 2 heterocycles. The van der Waals surface area contributed by atoms with Gasteiger partial charge < -0.3 is 9.47 Å². The number of imide groups is 1. The van der Waals surface area contributed by atoms with Crippen molar-refractivity contribution in [2.24, 2.45) is 16.9 Å². The first-order chi connectivity index (χ1) is 21.0. The van der Waals surface area contributed by atoms with Gasteiger partial charge in [-0.1, -0.05) is 72.3 Å². The quantitative estimate of drug-likeness (QED) is 0.215. The molecule has 9 rings (SSSR count). The van der Waals surface area contributed by atoms with Gasteiger partial charge in [0, 0.05) is 12.1 Å². The zero-order valence-electron chi connectivity index (χ0n) is 23.3. The van der Waals surface area contributed by atoms with Gasteiger partial charge >= 0.3 is 0 Å². The smallest absolute Gasteiger partial charge is 0.244 e. The maximum Gasteiger partial charge on any atom is 0.244 e. The third-order valence-corrected chi connectivity index (χ3v) is 9.24. The zero-order valence-corrected chi connectivity index (χ0v) is 23.3. The van der Waals surface area contributed by atoms with Crippen LogP contribution in [0.1, 0.15) is 39.3 Å². The van der Waals surface area contributed by atoms with Crippen LogP contribution in [0.25, 0.3) is 0 Å². The standard InChI is InChI=1S/C35H27N3O5/c1-20-10-13-22(14-11-20)38-33(40)31-30-23-6-2-4-8-25(23)35(32(31)34(38)41,26-9-5-3-7-24(26)30)18-36-37-29(39)17-21-12-15-27-28(16-21)43-19-42-27/h2-16,18,30-32H,17,19H2,1H3,(H,37,39)/b36-18-/t30?,31-,32+,35?/m1/s1. The summed E-state index contributed by atoms with van der Waals surface area (Å²) in [7, 11) is 0. The number of rotatable bonds is 5.